The normalized spacial score (nSPS) is 11.4. The number of H-pyrrole nitrogens is 1. The molecule has 21 heavy (non-hydrogen) atoms. The summed E-state index contributed by atoms with van der Waals surface area (Å²) in [6.07, 6.45) is 0. The summed E-state index contributed by atoms with van der Waals surface area (Å²) < 4.78 is 0. The average molecular weight is 288 g/mol. The summed E-state index contributed by atoms with van der Waals surface area (Å²) in [5, 5.41) is 19.9. The Morgan fingerprint density at radius 1 is 1.33 bits per heavy atom. The number of aromatic nitrogens is 1. The monoisotopic (exact) mass is 288 g/mol. The Kier molecular flexibility index (Phi) is 4.02. The molecular formula is C14H16N4O3. The lowest BCUT2D eigenvalue weighted by atomic mass is 10.1. The van der Waals surface area contributed by atoms with Crippen LogP contribution >= 0.6 is 0 Å². The van der Waals surface area contributed by atoms with Crippen molar-refractivity contribution in [1.82, 2.24) is 10.3 Å². The predicted octanol–water partition coefficient (Wildman–Crippen LogP) is 2.32. The van der Waals surface area contributed by atoms with Gasteiger partial charge in [0.15, 0.2) is 5.69 Å². The van der Waals surface area contributed by atoms with Crippen molar-refractivity contribution in [3.63, 3.8) is 0 Å². The summed E-state index contributed by atoms with van der Waals surface area (Å²) in [5.41, 5.74) is 1.77. The molecule has 2 rings (SSSR count). The van der Waals surface area contributed by atoms with E-state index >= 15 is 0 Å². The van der Waals surface area contributed by atoms with Crippen molar-refractivity contribution in [1.29, 1.82) is 0 Å². The second kappa shape index (κ2) is 5.74. The number of aromatic amines is 1. The van der Waals surface area contributed by atoms with Crippen LogP contribution < -0.4 is 5.32 Å². The number of para-hydroxylation sites is 1. The van der Waals surface area contributed by atoms with Crippen LogP contribution in [-0.4, -0.2) is 27.9 Å². The highest BCUT2D eigenvalue weighted by atomic mass is 16.3. The number of azo groups is 1. The third-order valence-corrected chi connectivity index (χ3v) is 2.85. The van der Waals surface area contributed by atoms with E-state index in [1.54, 1.807) is 26.0 Å². The molecule has 0 unspecified atom stereocenters. The van der Waals surface area contributed by atoms with Gasteiger partial charge in [0.1, 0.15) is 0 Å². The molecular weight excluding hydrogens is 272 g/mol. The number of hydrogen-bond acceptors (Lipinski definition) is 4. The highest BCUT2D eigenvalue weighted by Crippen LogP contribution is 2.36. The largest absolute Gasteiger partial charge is 0.493 e. The molecule has 1 aromatic carbocycles. The number of aromatic hydroxyl groups is 1. The van der Waals surface area contributed by atoms with Gasteiger partial charge in [0, 0.05) is 11.4 Å². The Balaban J connectivity index is 2.30. The van der Waals surface area contributed by atoms with Crippen LogP contribution in [0.2, 0.25) is 0 Å². The number of aryl methyl sites for hydroxylation is 1. The zero-order valence-corrected chi connectivity index (χ0v) is 12.0. The molecule has 0 atom stereocenters. The molecule has 0 bridgehead atoms. The van der Waals surface area contributed by atoms with Gasteiger partial charge in [0.25, 0.3) is 0 Å². The second-order valence-corrected chi connectivity index (χ2v) is 4.95. The summed E-state index contributed by atoms with van der Waals surface area (Å²) >= 11 is 0. The molecule has 0 aliphatic carbocycles. The lowest BCUT2D eigenvalue weighted by Gasteiger charge is -2.03. The van der Waals surface area contributed by atoms with Gasteiger partial charge in [-0.3, -0.25) is 9.59 Å². The predicted molar refractivity (Wildman–Crippen MR) is 77.5 cm³/mol. The number of nitrogens with one attached hydrogen (secondary N) is 2. The molecule has 0 aliphatic heterocycles. The Morgan fingerprint density at radius 3 is 2.71 bits per heavy atom. The third kappa shape index (κ3) is 3.07. The lowest BCUT2D eigenvalue weighted by Crippen LogP contribution is -2.34. The number of rotatable bonds is 2. The van der Waals surface area contributed by atoms with Crippen LogP contribution in [0.15, 0.2) is 28.4 Å². The smallest absolute Gasteiger partial charge is 0.353 e. The van der Waals surface area contributed by atoms with Gasteiger partial charge >= 0.3 is 11.8 Å². The molecule has 7 heteroatoms. The van der Waals surface area contributed by atoms with E-state index in [1.165, 1.54) is 0 Å². The Morgan fingerprint density at radius 2 is 2.05 bits per heavy atom. The fourth-order valence-electron chi connectivity index (χ4n) is 1.90. The highest BCUT2D eigenvalue weighted by Gasteiger charge is 2.16. The zero-order valence-electron chi connectivity index (χ0n) is 12.0. The van der Waals surface area contributed by atoms with Crippen molar-refractivity contribution in [2.45, 2.75) is 26.8 Å². The minimum atomic E-state index is -1.01. The topological polar surface area (TPSA) is 107 Å². The van der Waals surface area contributed by atoms with Crippen LogP contribution in [0.25, 0.3) is 10.9 Å². The molecule has 2 amide bonds. The maximum Gasteiger partial charge on any atom is 0.353 e. The second-order valence-electron chi connectivity index (χ2n) is 4.95. The minimum absolute atomic E-state index is 0.138. The van der Waals surface area contributed by atoms with Gasteiger partial charge in [-0.05, 0) is 26.3 Å². The fraction of sp³-hybridized carbons (Fsp3) is 0.286. The summed E-state index contributed by atoms with van der Waals surface area (Å²) in [7, 11) is 0. The van der Waals surface area contributed by atoms with Crippen LogP contribution in [0.5, 0.6) is 5.88 Å². The number of amides is 2. The summed E-state index contributed by atoms with van der Waals surface area (Å²) in [5.74, 6) is -2.03. The van der Waals surface area contributed by atoms with Gasteiger partial charge in [-0.1, -0.05) is 18.2 Å². The summed E-state index contributed by atoms with van der Waals surface area (Å²) in [4.78, 5) is 25.7. The van der Waals surface area contributed by atoms with Gasteiger partial charge in [0.2, 0.25) is 5.88 Å². The molecule has 3 N–H and O–H groups in total. The highest BCUT2D eigenvalue weighted by molar-refractivity contribution is 6.35. The Bertz CT molecular complexity index is 731. The molecule has 0 aliphatic rings. The third-order valence-electron chi connectivity index (χ3n) is 2.85. The number of carbonyl (C=O) groups excluding carboxylic acids is 2. The molecule has 0 saturated heterocycles. The number of nitrogens with zero attached hydrogens (tertiary/aromatic N) is 2. The number of hydrogen-bond donors (Lipinski definition) is 3. The molecule has 0 radical (unpaired) electrons. The first-order chi connectivity index (χ1) is 9.90. The van der Waals surface area contributed by atoms with E-state index in [2.05, 4.69) is 20.5 Å². The number of carbonyl (C=O) groups is 2. The quantitative estimate of drug-likeness (QED) is 0.583. The molecule has 2 aromatic rings. The van der Waals surface area contributed by atoms with Crippen molar-refractivity contribution >= 4 is 28.4 Å². The number of fused-ring (bicyclic) bond motifs is 1. The van der Waals surface area contributed by atoms with Crippen LogP contribution in [-0.2, 0) is 9.59 Å². The molecule has 1 heterocycles. The van der Waals surface area contributed by atoms with Gasteiger partial charge in [-0.15, -0.1) is 10.2 Å². The molecule has 0 saturated carbocycles. The molecule has 110 valence electrons. The van der Waals surface area contributed by atoms with Gasteiger partial charge < -0.3 is 15.4 Å². The first-order valence-corrected chi connectivity index (χ1v) is 6.47. The van der Waals surface area contributed by atoms with E-state index in [4.69, 9.17) is 0 Å². The van der Waals surface area contributed by atoms with E-state index in [0.29, 0.717) is 10.9 Å². The first kappa shape index (κ1) is 14.7. The molecule has 7 nitrogen and oxygen atoms in total. The number of benzene rings is 1. The van der Waals surface area contributed by atoms with Gasteiger partial charge in [0.05, 0.1) is 5.52 Å². The Hall–Kier alpha value is -2.70. The first-order valence-electron chi connectivity index (χ1n) is 6.47. The molecule has 0 spiro atoms. The lowest BCUT2D eigenvalue weighted by molar-refractivity contribution is -0.137. The zero-order chi connectivity index (χ0) is 15.6. The fourth-order valence-corrected chi connectivity index (χ4v) is 1.90. The van der Waals surface area contributed by atoms with Crippen LogP contribution in [0.3, 0.4) is 0 Å². The summed E-state index contributed by atoms with van der Waals surface area (Å²) in [6.45, 7) is 5.34. The van der Waals surface area contributed by atoms with Crippen LogP contribution in [0.1, 0.15) is 19.4 Å². The SMILES string of the molecule is Cc1cccc2c(N=NC(=O)C(=O)NC(C)C)c(O)[nH]c12. The maximum atomic E-state index is 11.5. The van der Waals surface area contributed by atoms with Gasteiger partial charge in [-0.25, -0.2) is 0 Å². The van der Waals surface area contributed by atoms with E-state index in [1.807, 2.05) is 13.0 Å². The van der Waals surface area contributed by atoms with E-state index in [0.717, 1.165) is 5.56 Å². The molecule has 0 fully saturated rings. The molecule has 1 aromatic heterocycles. The minimum Gasteiger partial charge on any atom is -0.493 e. The van der Waals surface area contributed by atoms with Gasteiger partial charge in [-0.2, -0.15) is 0 Å². The maximum absolute atomic E-state index is 11.5. The average Bonchev–Trinajstić information content (AvgIpc) is 2.73. The van der Waals surface area contributed by atoms with Crippen molar-refractivity contribution in [2.24, 2.45) is 10.2 Å². The summed E-state index contributed by atoms with van der Waals surface area (Å²) in [6, 6.07) is 5.25. The Labute approximate surface area is 121 Å². The van der Waals surface area contributed by atoms with Crippen LogP contribution in [0.4, 0.5) is 5.69 Å². The van der Waals surface area contributed by atoms with Crippen molar-refractivity contribution < 1.29 is 14.7 Å². The van der Waals surface area contributed by atoms with E-state index in [-0.39, 0.29) is 17.6 Å². The van der Waals surface area contributed by atoms with Crippen molar-refractivity contribution in [2.75, 3.05) is 0 Å². The van der Waals surface area contributed by atoms with Crippen molar-refractivity contribution in [3.05, 3.63) is 23.8 Å². The van der Waals surface area contributed by atoms with Crippen LogP contribution in [0, 0.1) is 6.92 Å². The standard InChI is InChI=1S/C14H16N4O3/c1-7(2)15-13(20)14(21)18-17-11-9-6-4-5-8(3)10(9)16-12(11)19/h4-7,16,19H,1-3H3,(H,15,20). The van der Waals surface area contributed by atoms with Crippen molar-refractivity contribution in [3.8, 4) is 5.88 Å². The van der Waals surface area contributed by atoms with E-state index < -0.39 is 11.8 Å². The van der Waals surface area contributed by atoms with E-state index in [9.17, 15) is 14.7 Å².